The van der Waals surface area contributed by atoms with Crippen molar-refractivity contribution in [2.24, 2.45) is 5.92 Å². The van der Waals surface area contributed by atoms with E-state index >= 15 is 0 Å². The van der Waals surface area contributed by atoms with E-state index in [1.807, 2.05) is 12.1 Å². The van der Waals surface area contributed by atoms with Crippen molar-refractivity contribution in [3.8, 4) is 5.75 Å². The number of phenols is 1. The molecule has 0 unspecified atom stereocenters. The lowest BCUT2D eigenvalue weighted by Gasteiger charge is -2.37. The van der Waals surface area contributed by atoms with Crippen LogP contribution in [0.4, 0.5) is 5.69 Å². The Bertz CT molecular complexity index is 623. The van der Waals surface area contributed by atoms with Crippen LogP contribution in [-0.4, -0.2) is 11.7 Å². The summed E-state index contributed by atoms with van der Waals surface area (Å²) in [5.41, 5.74) is 3.85. The Kier molecular flexibility index (Phi) is 2.67. The first-order chi connectivity index (χ1) is 9.83. The zero-order valence-corrected chi connectivity index (χ0v) is 11.2. The fourth-order valence-corrected chi connectivity index (χ4v) is 3.61. The molecule has 2 aromatic rings. The van der Waals surface area contributed by atoms with Gasteiger partial charge in [-0.05, 0) is 42.3 Å². The van der Waals surface area contributed by atoms with Crippen LogP contribution >= 0.6 is 0 Å². The SMILES string of the molecule is Oc1ccc([C@H]2Nc3ccccc3[C@H]3NCC[C@@H]23)cc1. The van der Waals surface area contributed by atoms with Crippen LogP contribution in [0.25, 0.3) is 0 Å². The number of hydrogen-bond acceptors (Lipinski definition) is 3. The molecule has 2 aliphatic rings. The average molecular weight is 266 g/mol. The summed E-state index contributed by atoms with van der Waals surface area (Å²) in [4.78, 5) is 0. The summed E-state index contributed by atoms with van der Waals surface area (Å²) in [5.74, 6) is 0.889. The molecule has 3 nitrogen and oxygen atoms in total. The van der Waals surface area contributed by atoms with Gasteiger partial charge in [0.1, 0.15) is 5.75 Å². The number of phenolic OH excluding ortho intramolecular Hbond substituents is 1. The summed E-state index contributed by atoms with van der Waals surface area (Å²) >= 11 is 0. The average Bonchev–Trinajstić information content (AvgIpc) is 2.97. The quantitative estimate of drug-likeness (QED) is 0.742. The zero-order valence-electron chi connectivity index (χ0n) is 11.2. The number of anilines is 1. The summed E-state index contributed by atoms with van der Waals surface area (Å²) in [6.07, 6.45) is 1.18. The van der Waals surface area contributed by atoms with Gasteiger partial charge in [0.05, 0.1) is 6.04 Å². The highest BCUT2D eigenvalue weighted by atomic mass is 16.3. The Morgan fingerprint density at radius 2 is 1.75 bits per heavy atom. The summed E-state index contributed by atoms with van der Waals surface area (Å²) in [5, 5.41) is 16.8. The summed E-state index contributed by atoms with van der Waals surface area (Å²) in [6.45, 7) is 1.07. The monoisotopic (exact) mass is 266 g/mol. The maximum Gasteiger partial charge on any atom is 0.115 e. The van der Waals surface area contributed by atoms with Crippen LogP contribution in [0.3, 0.4) is 0 Å². The molecule has 1 fully saturated rings. The summed E-state index contributed by atoms with van der Waals surface area (Å²) in [7, 11) is 0. The van der Waals surface area contributed by atoms with Gasteiger partial charge in [-0.3, -0.25) is 0 Å². The lowest BCUT2D eigenvalue weighted by Crippen LogP contribution is -2.32. The van der Waals surface area contributed by atoms with Gasteiger partial charge < -0.3 is 15.7 Å². The van der Waals surface area contributed by atoms with Gasteiger partial charge in [-0.15, -0.1) is 0 Å². The van der Waals surface area contributed by atoms with E-state index in [9.17, 15) is 5.11 Å². The highest BCUT2D eigenvalue weighted by molar-refractivity contribution is 5.57. The van der Waals surface area contributed by atoms with E-state index < -0.39 is 0 Å². The molecule has 2 aromatic carbocycles. The van der Waals surface area contributed by atoms with Crippen LogP contribution in [0.15, 0.2) is 48.5 Å². The molecular formula is C17H18N2O. The molecule has 3 heteroatoms. The van der Waals surface area contributed by atoms with E-state index in [-0.39, 0.29) is 0 Å². The first-order valence-electron chi connectivity index (χ1n) is 7.21. The third-order valence-electron chi connectivity index (χ3n) is 4.56. The van der Waals surface area contributed by atoms with Gasteiger partial charge in [-0.25, -0.2) is 0 Å². The van der Waals surface area contributed by atoms with Crippen molar-refractivity contribution in [3.63, 3.8) is 0 Å². The van der Waals surface area contributed by atoms with Crippen LogP contribution in [0.5, 0.6) is 5.75 Å². The highest BCUT2D eigenvalue weighted by Gasteiger charge is 2.39. The van der Waals surface area contributed by atoms with Crippen molar-refractivity contribution in [2.45, 2.75) is 18.5 Å². The van der Waals surface area contributed by atoms with E-state index in [0.29, 0.717) is 23.8 Å². The molecule has 0 spiro atoms. The molecule has 0 saturated carbocycles. The largest absolute Gasteiger partial charge is 0.508 e. The Balaban J connectivity index is 1.76. The number of benzene rings is 2. The predicted octanol–water partition coefficient (Wildman–Crippen LogP) is 3.21. The Labute approximate surface area is 118 Å². The van der Waals surface area contributed by atoms with E-state index in [2.05, 4.69) is 34.9 Å². The normalized spacial score (nSPS) is 27.5. The van der Waals surface area contributed by atoms with Crippen molar-refractivity contribution in [3.05, 3.63) is 59.7 Å². The zero-order chi connectivity index (χ0) is 13.5. The smallest absolute Gasteiger partial charge is 0.115 e. The van der Waals surface area contributed by atoms with E-state index in [1.165, 1.54) is 23.2 Å². The van der Waals surface area contributed by atoms with Crippen LogP contribution in [0.1, 0.15) is 29.6 Å². The molecule has 0 radical (unpaired) electrons. The number of rotatable bonds is 1. The summed E-state index contributed by atoms with van der Waals surface area (Å²) < 4.78 is 0. The topological polar surface area (TPSA) is 44.3 Å². The number of nitrogens with one attached hydrogen (secondary N) is 2. The number of para-hydroxylation sites is 1. The van der Waals surface area contributed by atoms with Crippen molar-refractivity contribution >= 4 is 5.69 Å². The number of fused-ring (bicyclic) bond motifs is 3. The fourth-order valence-electron chi connectivity index (χ4n) is 3.61. The number of hydrogen-bond donors (Lipinski definition) is 3. The van der Waals surface area contributed by atoms with Gasteiger partial charge in [-0.1, -0.05) is 30.3 Å². The minimum Gasteiger partial charge on any atom is -0.508 e. The van der Waals surface area contributed by atoms with Crippen molar-refractivity contribution in [1.29, 1.82) is 0 Å². The van der Waals surface area contributed by atoms with Crippen LogP contribution in [0.2, 0.25) is 0 Å². The molecule has 3 atom stereocenters. The Hall–Kier alpha value is -2.00. The molecule has 1 saturated heterocycles. The molecule has 0 amide bonds. The fraction of sp³-hybridized carbons (Fsp3) is 0.294. The molecule has 20 heavy (non-hydrogen) atoms. The molecule has 4 rings (SSSR count). The maximum absolute atomic E-state index is 9.47. The van der Waals surface area contributed by atoms with Crippen LogP contribution < -0.4 is 10.6 Å². The molecule has 102 valence electrons. The van der Waals surface area contributed by atoms with Crippen LogP contribution in [0, 0.1) is 5.92 Å². The first-order valence-corrected chi connectivity index (χ1v) is 7.21. The third kappa shape index (κ3) is 1.78. The van der Waals surface area contributed by atoms with Gasteiger partial charge in [-0.2, -0.15) is 0 Å². The summed E-state index contributed by atoms with van der Waals surface area (Å²) in [6, 6.07) is 16.9. The first kappa shape index (κ1) is 11.8. The minimum absolute atomic E-state index is 0.311. The lowest BCUT2D eigenvalue weighted by atomic mass is 9.80. The second-order valence-electron chi connectivity index (χ2n) is 5.69. The minimum atomic E-state index is 0.311. The van der Waals surface area contributed by atoms with Gasteiger partial charge in [0.25, 0.3) is 0 Å². The van der Waals surface area contributed by atoms with Gasteiger partial charge in [0, 0.05) is 17.6 Å². The second kappa shape index (κ2) is 4.53. The van der Waals surface area contributed by atoms with Crippen molar-refractivity contribution in [1.82, 2.24) is 5.32 Å². The van der Waals surface area contributed by atoms with Gasteiger partial charge >= 0.3 is 0 Å². The molecule has 0 aliphatic carbocycles. The van der Waals surface area contributed by atoms with E-state index in [0.717, 1.165) is 6.54 Å². The maximum atomic E-state index is 9.47. The Morgan fingerprint density at radius 1 is 0.950 bits per heavy atom. The van der Waals surface area contributed by atoms with Crippen LogP contribution in [-0.2, 0) is 0 Å². The van der Waals surface area contributed by atoms with Gasteiger partial charge in [0.15, 0.2) is 0 Å². The lowest BCUT2D eigenvalue weighted by molar-refractivity contribution is 0.390. The highest BCUT2D eigenvalue weighted by Crippen LogP contribution is 2.47. The predicted molar refractivity (Wildman–Crippen MR) is 79.8 cm³/mol. The molecule has 2 heterocycles. The molecule has 0 bridgehead atoms. The molecule has 2 aliphatic heterocycles. The Morgan fingerprint density at radius 3 is 2.60 bits per heavy atom. The third-order valence-corrected chi connectivity index (χ3v) is 4.56. The molecule has 0 aromatic heterocycles. The van der Waals surface area contributed by atoms with Gasteiger partial charge in [0.2, 0.25) is 0 Å². The standard InChI is InChI=1S/C17H18N2O/c20-12-7-5-11(6-8-12)16-14-9-10-18-17(14)13-3-1-2-4-15(13)19-16/h1-8,14,16-20H,9-10H2/t14-,16+,17+/m0/s1. The molecular weight excluding hydrogens is 248 g/mol. The molecule has 3 N–H and O–H groups in total. The van der Waals surface area contributed by atoms with Crippen molar-refractivity contribution < 1.29 is 5.11 Å². The second-order valence-corrected chi connectivity index (χ2v) is 5.69. The van der Waals surface area contributed by atoms with Crippen molar-refractivity contribution in [2.75, 3.05) is 11.9 Å². The van der Waals surface area contributed by atoms with E-state index in [1.54, 1.807) is 12.1 Å². The number of aromatic hydroxyl groups is 1. The van der Waals surface area contributed by atoms with E-state index in [4.69, 9.17) is 0 Å².